The van der Waals surface area contributed by atoms with Gasteiger partial charge in [-0.2, -0.15) is 0 Å². The van der Waals surface area contributed by atoms with Gasteiger partial charge in [-0.3, -0.25) is 4.98 Å². The highest BCUT2D eigenvalue weighted by Gasteiger charge is 2.63. The van der Waals surface area contributed by atoms with Gasteiger partial charge in [0.1, 0.15) is 0 Å². The normalized spacial score (nSPS) is 42.2. The van der Waals surface area contributed by atoms with Gasteiger partial charge in [0, 0.05) is 11.6 Å². The lowest BCUT2D eigenvalue weighted by molar-refractivity contribution is -0.202. The molecule has 2 aromatic rings. The molecule has 9 rings (SSSR count). The Labute approximate surface area is 160 Å². The van der Waals surface area contributed by atoms with Crippen LogP contribution in [0.15, 0.2) is 36.5 Å². The van der Waals surface area contributed by atoms with Crippen molar-refractivity contribution in [2.24, 2.45) is 47.3 Å². The third kappa shape index (κ3) is 2.40. The van der Waals surface area contributed by atoms with E-state index in [2.05, 4.69) is 4.98 Å². The summed E-state index contributed by atoms with van der Waals surface area (Å²) >= 11 is 0. The Kier molecular flexibility index (Phi) is 3.45. The van der Waals surface area contributed by atoms with Crippen LogP contribution in [-0.2, 0) is 0 Å². The molecule has 0 saturated heterocycles. The minimum atomic E-state index is -0.911. The number of rotatable bonds is 1. The van der Waals surface area contributed by atoms with Gasteiger partial charge in [-0.15, -0.1) is 0 Å². The number of hydrogen-bond donors (Lipinski definition) is 1. The molecule has 1 aromatic heterocycles. The number of aromatic carboxylic acids is 1. The molecular formula is C24H27NO2. The highest BCUT2D eigenvalue weighted by atomic mass is 16.4. The number of aromatic nitrogens is 1. The summed E-state index contributed by atoms with van der Waals surface area (Å²) in [6.45, 7) is 0. The van der Waals surface area contributed by atoms with Crippen LogP contribution in [-0.4, -0.2) is 16.1 Å². The Morgan fingerprint density at radius 2 is 1.33 bits per heavy atom. The molecule has 27 heavy (non-hydrogen) atoms. The zero-order valence-electron chi connectivity index (χ0n) is 15.6. The zero-order chi connectivity index (χ0) is 18.1. The van der Waals surface area contributed by atoms with Crippen molar-refractivity contribution in [1.29, 1.82) is 0 Å². The van der Waals surface area contributed by atoms with E-state index in [1.807, 2.05) is 6.07 Å². The van der Waals surface area contributed by atoms with Crippen LogP contribution < -0.4 is 0 Å². The Hall–Kier alpha value is -1.90. The Morgan fingerprint density at radius 3 is 1.81 bits per heavy atom. The molecule has 8 bridgehead atoms. The van der Waals surface area contributed by atoms with Gasteiger partial charge in [0.2, 0.25) is 0 Å². The molecule has 7 saturated carbocycles. The van der Waals surface area contributed by atoms with Crippen LogP contribution in [0.3, 0.4) is 0 Å². The molecule has 0 spiro atoms. The van der Waals surface area contributed by atoms with E-state index in [1.54, 1.807) is 69.0 Å². The van der Waals surface area contributed by atoms with Gasteiger partial charge in [-0.05, 0) is 110 Å². The molecule has 1 N–H and O–H groups in total. The largest absolute Gasteiger partial charge is 0.478 e. The van der Waals surface area contributed by atoms with Crippen molar-refractivity contribution in [2.45, 2.75) is 38.5 Å². The molecule has 0 amide bonds. The van der Waals surface area contributed by atoms with Crippen molar-refractivity contribution < 1.29 is 9.90 Å². The summed E-state index contributed by atoms with van der Waals surface area (Å²) < 4.78 is 0. The van der Waals surface area contributed by atoms with Crippen molar-refractivity contribution in [2.75, 3.05) is 0 Å². The van der Waals surface area contributed by atoms with Crippen LogP contribution in [0.1, 0.15) is 48.9 Å². The monoisotopic (exact) mass is 361 g/mol. The average molecular weight is 361 g/mol. The number of fused-ring (bicyclic) bond motifs is 1. The van der Waals surface area contributed by atoms with E-state index in [1.165, 1.54) is 47.3 Å². The minimum Gasteiger partial charge on any atom is -0.478 e. The predicted octanol–water partition coefficient (Wildman–Crippen LogP) is 5.26. The lowest BCUT2D eigenvalue weighted by Crippen LogP contribution is -2.62. The Balaban J connectivity index is 0.000000109. The summed E-state index contributed by atoms with van der Waals surface area (Å²) in [4.78, 5) is 14.7. The molecular weight excluding hydrogens is 334 g/mol. The van der Waals surface area contributed by atoms with E-state index in [-0.39, 0.29) is 0 Å². The highest BCUT2D eigenvalue weighted by molar-refractivity contribution is 5.93. The molecule has 1 heterocycles. The van der Waals surface area contributed by atoms with Gasteiger partial charge in [0.15, 0.2) is 0 Å². The van der Waals surface area contributed by atoms with Crippen molar-refractivity contribution >= 4 is 16.9 Å². The van der Waals surface area contributed by atoms with E-state index < -0.39 is 5.97 Å². The second kappa shape index (κ2) is 5.80. The van der Waals surface area contributed by atoms with Gasteiger partial charge in [-0.1, -0.05) is 6.07 Å². The Morgan fingerprint density at radius 1 is 0.815 bits per heavy atom. The first-order valence-electron chi connectivity index (χ1n) is 10.8. The van der Waals surface area contributed by atoms with Gasteiger partial charge in [0.05, 0.1) is 11.1 Å². The quantitative estimate of drug-likeness (QED) is 0.754. The number of hydrogen-bond acceptors (Lipinski definition) is 2. The highest BCUT2D eigenvalue weighted by Crippen LogP contribution is 2.71. The fourth-order valence-corrected chi connectivity index (χ4v) is 8.10. The maximum Gasteiger partial charge on any atom is 0.335 e. The van der Waals surface area contributed by atoms with Crippen molar-refractivity contribution in [3.8, 4) is 0 Å². The van der Waals surface area contributed by atoms with Crippen LogP contribution in [0.4, 0.5) is 0 Å². The first kappa shape index (κ1) is 16.1. The summed E-state index contributed by atoms with van der Waals surface area (Å²) in [7, 11) is 0. The molecule has 3 heteroatoms. The molecule has 0 atom stereocenters. The van der Waals surface area contributed by atoms with Crippen LogP contribution in [0.2, 0.25) is 0 Å². The van der Waals surface area contributed by atoms with Crippen molar-refractivity contribution in [1.82, 2.24) is 4.98 Å². The van der Waals surface area contributed by atoms with Crippen LogP contribution in [0, 0.1) is 47.3 Å². The third-order valence-electron chi connectivity index (χ3n) is 8.78. The number of pyridine rings is 1. The van der Waals surface area contributed by atoms with Gasteiger partial charge in [-0.25, -0.2) is 4.79 Å². The molecule has 0 radical (unpaired) electrons. The molecule has 0 aliphatic heterocycles. The second-order valence-electron chi connectivity index (χ2n) is 9.85. The summed E-state index contributed by atoms with van der Waals surface area (Å²) in [6.07, 6.45) is 11.6. The number of carboxylic acids is 1. The Bertz CT molecular complexity index is 819. The van der Waals surface area contributed by atoms with Gasteiger partial charge < -0.3 is 5.11 Å². The smallest absolute Gasteiger partial charge is 0.335 e. The zero-order valence-corrected chi connectivity index (χ0v) is 15.6. The number of carbonyl (C=O) groups is 1. The number of carboxylic acid groups (broad SMARTS) is 1. The molecule has 3 nitrogen and oxygen atoms in total. The van der Waals surface area contributed by atoms with E-state index >= 15 is 0 Å². The maximum atomic E-state index is 10.6. The summed E-state index contributed by atoms with van der Waals surface area (Å²) in [5, 5.41) is 9.57. The standard InChI is InChI=1S/C14H20.C10H7NO2/c1-7-2-12-10-4-8-5-11(9(1)10)13(3-7)14(12)6-8;12-10(13)8-3-4-9-7(6-8)2-1-5-11-9/h7-14H,1-6H2;1-6H,(H,12,13). The molecule has 7 aliphatic carbocycles. The first-order valence-corrected chi connectivity index (χ1v) is 10.8. The maximum absolute atomic E-state index is 10.6. The predicted molar refractivity (Wildman–Crippen MR) is 104 cm³/mol. The SMILES string of the molecule is C1C2CC3C4CC5CC(C14)C(C2)C3C5.O=C(O)c1ccc2ncccc2c1. The van der Waals surface area contributed by atoms with Crippen LogP contribution in [0.5, 0.6) is 0 Å². The van der Waals surface area contributed by atoms with Gasteiger partial charge >= 0.3 is 5.97 Å². The molecule has 7 aliphatic rings. The molecule has 140 valence electrons. The molecule has 0 unspecified atom stereocenters. The minimum absolute atomic E-state index is 0.292. The second-order valence-corrected chi connectivity index (χ2v) is 9.85. The lowest BCUT2D eigenvalue weighted by Gasteiger charge is -2.69. The summed E-state index contributed by atoms with van der Waals surface area (Å²) in [5.74, 6) is 8.83. The molecule has 7 fully saturated rings. The van der Waals surface area contributed by atoms with Crippen LogP contribution >= 0.6 is 0 Å². The first-order chi connectivity index (χ1) is 13.2. The molecule has 1 aromatic carbocycles. The number of nitrogens with zero attached hydrogens (tertiary/aromatic N) is 1. The lowest BCUT2D eigenvalue weighted by atomic mass is 9.36. The number of benzene rings is 1. The third-order valence-corrected chi connectivity index (χ3v) is 8.78. The van der Waals surface area contributed by atoms with E-state index in [0.717, 1.165) is 10.9 Å². The van der Waals surface area contributed by atoms with Gasteiger partial charge in [0.25, 0.3) is 0 Å². The fourth-order valence-electron chi connectivity index (χ4n) is 8.10. The van der Waals surface area contributed by atoms with Crippen molar-refractivity contribution in [3.05, 3.63) is 42.1 Å². The van der Waals surface area contributed by atoms with Crippen molar-refractivity contribution in [3.63, 3.8) is 0 Å². The van der Waals surface area contributed by atoms with E-state index in [9.17, 15) is 4.79 Å². The fraction of sp³-hybridized carbons (Fsp3) is 0.583. The average Bonchev–Trinajstić information content (AvgIpc) is 2.71. The topological polar surface area (TPSA) is 50.2 Å². The summed E-state index contributed by atoms with van der Waals surface area (Å²) in [6, 6.07) is 8.50. The van der Waals surface area contributed by atoms with E-state index in [4.69, 9.17) is 5.11 Å². The van der Waals surface area contributed by atoms with Crippen LogP contribution in [0.25, 0.3) is 10.9 Å². The van der Waals surface area contributed by atoms with E-state index in [0.29, 0.717) is 5.56 Å². The summed E-state index contributed by atoms with van der Waals surface area (Å²) in [5.41, 5.74) is 1.10.